The summed E-state index contributed by atoms with van der Waals surface area (Å²) in [7, 11) is 0. The standard InChI is InChI=1S/C20H23N3O2/c1-2-25-16-9-7-14(8-10-16)17-13-18(22-21-17)20(24)23-12-11-15-5-3-4-6-19(15)23/h3-10,17-18,21-22H,2,11-13H2,1H3. The van der Waals surface area contributed by atoms with Crippen molar-refractivity contribution in [3.8, 4) is 5.75 Å². The molecule has 4 rings (SSSR count). The Labute approximate surface area is 148 Å². The summed E-state index contributed by atoms with van der Waals surface area (Å²) in [6.07, 6.45) is 1.68. The summed E-state index contributed by atoms with van der Waals surface area (Å²) in [5.41, 5.74) is 9.91. The molecule has 0 saturated carbocycles. The number of nitrogens with one attached hydrogen (secondary N) is 2. The minimum Gasteiger partial charge on any atom is -0.494 e. The zero-order chi connectivity index (χ0) is 17.2. The van der Waals surface area contributed by atoms with Crippen LogP contribution in [0.25, 0.3) is 0 Å². The quantitative estimate of drug-likeness (QED) is 0.900. The third kappa shape index (κ3) is 3.13. The second kappa shape index (κ2) is 6.86. The fourth-order valence-corrected chi connectivity index (χ4v) is 3.66. The van der Waals surface area contributed by atoms with E-state index in [0.29, 0.717) is 6.61 Å². The number of para-hydroxylation sites is 1. The summed E-state index contributed by atoms with van der Waals surface area (Å²) in [4.78, 5) is 14.8. The average Bonchev–Trinajstić information content (AvgIpc) is 3.30. The maximum Gasteiger partial charge on any atom is 0.245 e. The van der Waals surface area contributed by atoms with Crippen LogP contribution in [-0.2, 0) is 11.2 Å². The van der Waals surface area contributed by atoms with E-state index in [2.05, 4.69) is 29.1 Å². The number of carbonyl (C=O) groups excluding carboxylic acids is 1. The van der Waals surface area contributed by atoms with E-state index in [1.807, 2.05) is 42.2 Å². The molecule has 2 heterocycles. The first kappa shape index (κ1) is 16.1. The van der Waals surface area contributed by atoms with Gasteiger partial charge in [-0.25, -0.2) is 10.9 Å². The summed E-state index contributed by atoms with van der Waals surface area (Å²) in [5.74, 6) is 1.02. The summed E-state index contributed by atoms with van der Waals surface area (Å²) < 4.78 is 5.49. The fraction of sp³-hybridized carbons (Fsp3) is 0.350. The second-order valence-electron chi connectivity index (χ2n) is 6.50. The molecule has 2 aliphatic rings. The highest BCUT2D eigenvalue weighted by Crippen LogP contribution is 2.30. The van der Waals surface area contributed by atoms with Gasteiger partial charge in [-0.1, -0.05) is 30.3 Å². The van der Waals surface area contributed by atoms with Gasteiger partial charge in [0.2, 0.25) is 5.91 Å². The van der Waals surface area contributed by atoms with Gasteiger partial charge in [0.05, 0.1) is 6.61 Å². The third-order valence-electron chi connectivity index (χ3n) is 4.95. The van der Waals surface area contributed by atoms with Crippen LogP contribution >= 0.6 is 0 Å². The van der Waals surface area contributed by atoms with Crippen LogP contribution in [-0.4, -0.2) is 25.1 Å². The van der Waals surface area contributed by atoms with Gasteiger partial charge < -0.3 is 9.64 Å². The number of carbonyl (C=O) groups is 1. The van der Waals surface area contributed by atoms with E-state index in [0.717, 1.165) is 36.4 Å². The predicted molar refractivity (Wildman–Crippen MR) is 97.5 cm³/mol. The van der Waals surface area contributed by atoms with Gasteiger partial charge >= 0.3 is 0 Å². The van der Waals surface area contributed by atoms with E-state index in [4.69, 9.17) is 4.74 Å². The molecule has 2 N–H and O–H groups in total. The lowest BCUT2D eigenvalue weighted by Gasteiger charge is -2.21. The maximum absolute atomic E-state index is 12.9. The Kier molecular flexibility index (Phi) is 4.42. The maximum atomic E-state index is 12.9. The molecular formula is C20H23N3O2. The van der Waals surface area contributed by atoms with Crippen molar-refractivity contribution in [3.05, 3.63) is 59.7 Å². The minimum atomic E-state index is -0.206. The van der Waals surface area contributed by atoms with Crippen LogP contribution in [0, 0.1) is 0 Å². The predicted octanol–water partition coefficient (Wildman–Crippen LogP) is 2.58. The van der Waals surface area contributed by atoms with Gasteiger partial charge in [0.25, 0.3) is 0 Å². The molecule has 0 spiro atoms. The molecule has 2 aromatic carbocycles. The van der Waals surface area contributed by atoms with Crippen molar-refractivity contribution < 1.29 is 9.53 Å². The van der Waals surface area contributed by atoms with Crippen LogP contribution in [0.15, 0.2) is 48.5 Å². The Bertz CT molecular complexity index is 760. The minimum absolute atomic E-state index is 0.127. The smallest absolute Gasteiger partial charge is 0.245 e. The number of nitrogens with zero attached hydrogens (tertiary/aromatic N) is 1. The molecule has 1 saturated heterocycles. The molecule has 1 fully saturated rings. The van der Waals surface area contributed by atoms with Gasteiger partial charge in [-0.15, -0.1) is 0 Å². The van der Waals surface area contributed by atoms with Gasteiger partial charge in [0, 0.05) is 18.3 Å². The van der Waals surface area contributed by atoms with Crippen molar-refractivity contribution in [1.29, 1.82) is 0 Å². The molecule has 2 aliphatic heterocycles. The Hall–Kier alpha value is -2.37. The molecule has 0 aliphatic carbocycles. The Morgan fingerprint density at radius 1 is 1.16 bits per heavy atom. The Morgan fingerprint density at radius 2 is 1.96 bits per heavy atom. The van der Waals surface area contributed by atoms with Crippen molar-refractivity contribution in [1.82, 2.24) is 10.9 Å². The van der Waals surface area contributed by atoms with Gasteiger partial charge in [-0.05, 0) is 49.1 Å². The molecule has 1 amide bonds. The highest BCUT2D eigenvalue weighted by molar-refractivity contribution is 5.99. The van der Waals surface area contributed by atoms with E-state index in [1.54, 1.807) is 0 Å². The first-order valence-electron chi connectivity index (χ1n) is 8.89. The molecule has 25 heavy (non-hydrogen) atoms. The highest BCUT2D eigenvalue weighted by atomic mass is 16.5. The zero-order valence-corrected chi connectivity index (χ0v) is 14.4. The zero-order valence-electron chi connectivity index (χ0n) is 14.4. The summed E-state index contributed by atoms with van der Waals surface area (Å²) in [5, 5.41) is 0. The average molecular weight is 337 g/mol. The van der Waals surface area contributed by atoms with Gasteiger partial charge in [-0.3, -0.25) is 4.79 Å². The molecule has 5 nitrogen and oxygen atoms in total. The lowest BCUT2D eigenvalue weighted by molar-refractivity contribution is -0.120. The molecule has 130 valence electrons. The van der Waals surface area contributed by atoms with Crippen molar-refractivity contribution in [2.45, 2.75) is 31.8 Å². The van der Waals surface area contributed by atoms with Crippen LogP contribution in [0.1, 0.15) is 30.5 Å². The van der Waals surface area contributed by atoms with E-state index in [9.17, 15) is 4.79 Å². The monoisotopic (exact) mass is 337 g/mol. The highest BCUT2D eigenvalue weighted by Gasteiger charge is 2.35. The summed E-state index contributed by atoms with van der Waals surface area (Å²) in [6, 6.07) is 16.2. The number of hydrogen-bond acceptors (Lipinski definition) is 4. The van der Waals surface area contributed by atoms with Crippen LogP contribution in [0.4, 0.5) is 5.69 Å². The van der Waals surface area contributed by atoms with Crippen LogP contribution in [0.5, 0.6) is 5.75 Å². The molecule has 2 unspecified atom stereocenters. The first-order valence-corrected chi connectivity index (χ1v) is 8.89. The Morgan fingerprint density at radius 3 is 2.76 bits per heavy atom. The van der Waals surface area contributed by atoms with Gasteiger partial charge in [-0.2, -0.15) is 0 Å². The summed E-state index contributed by atoms with van der Waals surface area (Å²) >= 11 is 0. The van der Waals surface area contributed by atoms with E-state index in [1.165, 1.54) is 5.56 Å². The van der Waals surface area contributed by atoms with E-state index >= 15 is 0 Å². The summed E-state index contributed by atoms with van der Waals surface area (Å²) in [6.45, 7) is 3.41. The molecule has 0 bridgehead atoms. The van der Waals surface area contributed by atoms with E-state index in [-0.39, 0.29) is 18.0 Å². The molecule has 0 aromatic heterocycles. The van der Waals surface area contributed by atoms with Crippen LogP contribution in [0.3, 0.4) is 0 Å². The molecule has 0 radical (unpaired) electrons. The number of hydrazine groups is 1. The second-order valence-corrected chi connectivity index (χ2v) is 6.50. The Balaban J connectivity index is 1.43. The topological polar surface area (TPSA) is 53.6 Å². The number of ether oxygens (including phenoxy) is 1. The third-order valence-corrected chi connectivity index (χ3v) is 4.95. The largest absolute Gasteiger partial charge is 0.494 e. The number of amides is 1. The van der Waals surface area contributed by atoms with Crippen molar-refractivity contribution in [2.75, 3.05) is 18.1 Å². The van der Waals surface area contributed by atoms with Gasteiger partial charge in [0.15, 0.2) is 0 Å². The normalized spacial score (nSPS) is 22.0. The van der Waals surface area contributed by atoms with Crippen LogP contribution < -0.4 is 20.5 Å². The number of benzene rings is 2. The van der Waals surface area contributed by atoms with Crippen molar-refractivity contribution >= 4 is 11.6 Å². The van der Waals surface area contributed by atoms with Crippen molar-refractivity contribution in [2.24, 2.45) is 0 Å². The molecular weight excluding hydrogens is 314 g/mol. The number of hydrogen-bond donors (Lipinski definition) is 2. The fourth-order valence-electron chi connectivity index (χ4n) is 3.66. The lowest BCUT2D eigenvalue weighted by atomic mass is 10.0. The number of fused-ring (bicyclic) bond motifs is 1. The van der Waals surface area contributed by atoms with Gasteiger partial charge in [0.1, 0.15) is 11.8 Å². The SMILES string of the molecule is CCOc1ccc(C2CC(C(=O)N3CCc4ccccc43)NN2)cc1. The lowest BCUT2D eigenvalue weighted by Crippen LogP contribution is -2.45. The van der Waals surface area contributed by atoms with Crippen molar-refractivity contribution in [3.63, 3.8) is 0 Å². The van der Waals surface area contributed by atoms with Crippen LogP contribution in [0.2, 0.25) is 0 Å². The number of rotatable bonds is 4. The number of anilines is 1. The first-order chi connectivity index (χ1) is 12.3. The molecule has 2 aromatic rings. The molecule has 2 atom stereocenters. The van der Waals surface area contributed by atoms with E-state index < -0.39 is 0 Å². The molecule has 5 heteroatoms.